The molecule has 0 radical (unpaired) electrons. The fourth-order valence-corrected chi connectivity index (χ4v) is 2.44. The van der Waals surface area contributed by atoms with Crippen LogP contribution in [0.5, 0.6) is 0 Å². The fourth-order valence-electron chi connectivity index (χ4n) is 2.44. The molecule has 9 heteroatoms. The number of hydrogen-bond donors (Lipinski definition) is 2. The Hall–Kier alpha value is -3.49. The summed E-state index contributed by atoms with van der Waals surface area (Å²) in [4.78, 5) is 12.1. The van der Waals surface area contributed by atoms with Crippen molar-refractivity contribution in [2.75, 3.05) is 5.32 Å². The number of nitrogens with zero attached hydrogens (tertiary/aromatic N) is 4. The first kappa shape index (κ1) is 14.1. The summed E-state index contributed by atoms with van der Waals surface area (Å²) in [5, 5.41) is 18.3. The second-order valence-corrected chi connectivity index (χ2v) is 5.11. The molecule has 0 aliphatic carbocycles. The number of aromatic amines is 1. The van der Waals surface area contributed by atoms with Crippen molar-refractivity contribution in [2.45, 2.75) is 6.92 Å². The van der Waals surface area contributed by atoms with Crippen LogP contribution in [-0.2, 0) is 0 Å². The quantitative estimate of drug-likeness (QED) is 0.602. The number of fused-ring (bicyclic) bond motifs is 1. The Kier molecular flexibility index (Phi) is 3.12. The zero-order valence-corrected chi connectivity index (χ0v) is 12.4. The highest BCUT2D eigenvalue weighted by Gasteiger charge is 2.19. The number of aromatic nitrogens is 5. The third-order valence-corrected chi connectivity index (χ3v) is 3.54. The maximum absolute atomic E-state index is 13.1. The number of carbonyl (C=O) groups is 1. The Bertz CT molecular complexity index is 1020. The average molecular weight is 326 g/mol. The van der Waals surface area contributed by atoms with E-state index in [0.717, 1.165) is 0 Å². The van der Waals surface area contributed by atoms with Gasteiger partial charge in [0, 0.05) is 6.07 Å². The number of anilines is 1. The van der Waals surface area contributed by atoms with Gasteiger partial charge in [0.05, 0.1) is 16.8 Å². The summed E-state index contributed by atoms with van der Waals surface area (Å²) >= 11 is 0. The lowest BCUT2D eigenvalue weighted by Gasteiger charge is -2.00. The molecule has 24 heavy (non-hydrogen) atoms. The van der Waals surface area contributed by atoms with Crippen molar-refractivity contribution in [2.24, 2.45) is 0 Å². The molecule has 0 saturated heterocycles. The van der Waals surface area contributed by atoms with Gasteiger partial charge >= 0.3 is 0 Å². The van der Waals surface area contributed by atoms with Crippen LogP contribution in [0.4, 0.5) is 10.2 Å². The van der Waals surface area contributed by atoms with E-state index in [1.807, 2.05) is 0 Å². The van der Waals surface area contributed by atoms with E-state index in [1.54, 1.807) is 23.7 Å². The number of nitrogens with one attached hydrogen (secondary N) is 2. The molecule has 0 saturated carbocycles. The van der Waals surface area contributed by atoms with Crippen molar-refractivity contribution in [1.29, 1.82) is 0 Å². The number of carbonyl (C=O) groups excluding carboxylic acids is 1. The molecule has 0 aliphatic rings. The van der Waals surface area contributed by atoms with E-state index >= 15 is 0 Å². The monoisotopic (exact) mass is 326 g/mol. The zero-order valence-electron chi connectivity index (χ0n) is 12.4. The Labute approximate surface area is 134 Å². The van der Waals surface area contributed by atoms with Gasteiger partial charge in [-0.2, -0.15) is 10.2 Å². The van der Waals surface area contributed by atoms with Gasteiger partial charge in [-0.3, -0.25) is 9.89 Å². The van der Waals surface area contributed by atoms with Gasteiger partial charge in [0.1, 0.15) is 17.9 Å². The van der Waals surface area contributed by atoms with Crippen molar-refractivity contribution in [3.63, 3.8) is 0 Å². The van der Waals surface area contributed by atoms with Gasteiger partial charge < -0.3 is 9.84 Å². The van der Waals surface area contributed by atoms with Crippen LogP contribution in [0.2, 0.25) is 0 Å². The maximum Gasteiger partial charge on any atom is 0.278 e. The standard InChI is InChI=1S/C15H11FN6O2/c1-8-12-13(17-15(23)11-6-7-24-21-11)18-19-14(12)22(20-8)10-4-2-9(16)3-5-10/h2-7H,1H3,(H2,17,18,19,23). The first-order valence-electron chi connectivity index (χ1n) is 7.05. The Morgan fingerprint density at radius 3 is 2.79 bits per heavy atom. The molecule has 0 unspecified atom stereocenters. The number of hydrogen-bond acceptors (Lipinski definition) is 5. The Morgan fingerprint density at radius 1 is 1.29 bits per heavy atom. The van der Waals surface area contributed by atoms with E-state index in [4.69, 9.17) is 0 Å². The van der Waals surface area contributed by atoms with Gasteiger partial charge in [0.15, 0.2) is 11.3 Å². The minimum Gasteiger partial charge on any atom is -0.364 e. The lowest BCUT2D eigenvalue weighted by Crippen LogP contribution is -2.12. The number of aryl methyl sites for hydroxylation is 1. The predicted molar refractivity (Wildman–Crippen MR) is 82.4 cm³/mol. The van der Waals surface area contributed by atoms with Crippen LogP contribution in [0.3, 0.4) is 0 Å². The molecule has 0 aliphatic heterocycles. The second kappa shape index (κ2) is 5.30. The number of amides is 1. The van der Waals surface area contributed by atoms with Crippen LogP contribution < -0.4 is 5.32 Å². The van der Waals surface area contributed by atoms with Gasteiger partial charge in [-0.15, -0.1) is 0 Å². The van der Waals surface area contributed by atoms with Gasteiger partial charge in [-0.1, -0.05) is 5.16 Å². The van der Waals surface area contributed by atoms with Gasteiger partial charge in [0.2, 0.25) is 0 Å². The minimum atomic E-state index is -0.428. The molecule has 0 bridgehead atoms. The smallest absolute Gasteiger partial charge is 0.278 e. The van der Waals surface area contributed by atoms with Crippen molar-refractivity contribution in [1.82, 2.24) is 25.1 Å². The van der Waals surface area contributed by atoms with Gasteiger partial charge in [-0.25, -0.2) is 9.07 Å². The fraction of sp³-hybridized carbons (Fsp3) is 0.0667. The number of halogens is 1. The molecule has 0 spiro atoms. The molecule has 2 N–H and O–H groups in total. The molecule has 4 rings (SSSR count). The van der Waals surface area contributed by atoms with Crippen molar-refractivity contribution >= 4 is 22.8 Å². The molecule has 1 amide bonds. The van der Waals surface area contributed by atoms with Gasteiger partial charge in [-0.05, 0) is 31.2 Å². The first-order chi connectivity index (χ1) is 11.6. The largest absolute Gasteiger partial charge is 0.364 e. The SMILES string of the molecule is Cc1nn(-c2ccc(F)cc2)c2n[nH]c(NC(=O)c3ccon3)c12. The average Bonchev–Trinajstić information content (AvgIpc) is 3.28. The topological polar surface area (TPSA) is 102 Å². The number of H-pyrrole nitrogens is 1. The van der Waals surface area contributed by atoms with E-state index in [-0.39, 0.29) is 11.5 Å². The molecule has 1 aromatic carbocycles. The summed E-state index contributed by atoms with van der Waals surface area (Å²) in [6, 6.07) is 7.35. The summed E-state index contributed by atoms with van der Waals surface area (Å²) in [5.74, 6) is -0.353. The summed E-state index contributed by atoms with van der Waals surface area (Å²) in [5.41, 5.74) is 2.00. The highest BCUT2D eigenvalue weighted by atomic mass is 19.1. The van der Waals surface area contributed by atoms with Crippen molar-refractivity contribution in [3.05, 3.63) is 53.8 Å². The van der Waals surface area contributed by atoms with E-state index in [9.17, 15) is 9.18 Å². The second-order valence-electron chi connectivity index (χ2n) is 5.11. The van der Waals surface area contributed by atoms with Crippen LogP contribution in [0, 0.1) is 12.7 Å². The van der Waals surface area contributed by atoms with Crippen LogP contribution in [0.15, 0.2) is 41.1 Å². The van der Waals surface area contributed by atoms with Crippen LogP contribution >= 0.6 is 0 Å². The summed E-state index contributed by atoms with van der Waals surface area (Å²) in [6.07, 6.45) is 1.31. The third-order valence-electron chi connectivity index (χ3n) is 3.54. The number of rotatable bonds is 3. The molecule has 120 valence electrons. The normalized spacial score (nSPS) is 11.1. The summed E-state index contributed by atoms with van der Waals surface area (Å²) in [6.45, 7) is 1.80. The molecular formula is C15H11FN6O2. The molecular weight excluding hydrogens is 315 g/mol. The lowest BCUT2D eigenvalue weighted by atomic mass is 10.3. The molecule has 4 aromatic rings. The summed E-state index contributed by atoms with van der Waals surface area (Å²) < 4.78 is 19.3. The Balaban J connectivity index is 1.75. The van der Waals surface area contributed by atoms with Crippen LogP contribution in [-0.4, -0.2) is 31.0 Å². The molecule has 3 heterocycles. The maximum atomic E-state index is 13.1. The van der Waals surface area contributed by atoms with Gasteiger partial charge in [0.25, 0.3) is 5.91 Å². The van der Waals surface area contributed by atoms with E-state index in [0.29, 0.717) is 28.2 Å². The highest BCUT2D eigenvalue weighted by Crippen LogP contribution is 2.26. The molecule has 8 nitrogen and oxygen atoms in total. The van der Waals surface area contributed by atoms with E-state index in [1.165, 1.54) is 24.5 Å². The number of benzene rings is 1. The third kappa shape index (κ3) is 2.22. The lowest BCUT2D eigenvalue weighted by molar-refractivity contribution is 0.101. The van der Waals surface area contributed by atoms with Crippen LogP contribution in [0.25, 0.3) is 16.7 Å². The minimum absolute atomic E-state index is 0.154. The molecule has 0 atom stereocenters. The van der Waals surface area contributed by atoms with Crippen LogP contribution in [0.1, 0.15) is 16.2 Å². The van der Waals surface area contributed by atoms with E-state index in [2.05, 4.69) is 30.3 Å². The van der Waals surface area contributed by atoms with Crippen molar-refractivity contribution in [3.8, 4) is 5.69 Å². The van der Waals surface area contributed by atoms with E-state index < -0.39 is 5.91 Å². The molecule has 3 aromatic heterocycles. The predicted octanol–water partition coefficient (Wildman–Crippen LogP) is 2.44. The summed E-state index contributed by atoms with van der Waals surface area (Å²) in [7, 11) is 0. The first-order valence-corrected chi connectivity index (χ1v) is 7.05. The molecule has 0 fully saturated rings. The zero-order chi connectivity index (χ0) is 16.7. The Morgan fingerprint density at radius 2 is 2.08 bits per heavy atom. The highest BCUT2D eigenvalue weighted by molar-refractivity contribution is 6.07. The van der Waals surface area contributed by atoms with Crippen molar-refractivity contribution < 1.29 is 13.7 Å².